The molecule has 0 aliphatic carbocycles. The third-order valence-corrected chi connectivity index (χ3v) is 6.01. The van der Waals surface area contributed by atoms with Crippen molar-refractivity contribution in [3.05, 3.63) is 59.3 Å². The summed E-state index contributed by atoms with van der Waals surface area (Å²) in [5, 5.41) is 19.2. The van der Waals surface area contributed by atoms with Crippen molar-refractivity contribution in [2.24, 2.45) is 0 Å². The molecule has 1 aromatic carbocycles. The van der Waals surface area contributed by atoms with Crippen molar-refractivity contribution >= 4 is 34.7 Å². The average Bonchev–Trinajstić information content (AvgIpc) is 3.35. The van der Waals surface area contributed by atoms with Gasteiger partial charge in [-0.25, -0.2) is 33.2 Å². The molecule has 2 amide bonds. The lowest BCUT2D eigenvalue weighted by Gasteiger charge is -2.27. The number of amides is 2. The van der Waals surface area contributed by atoms with Crippen molar-refractivity contribution < 1.29 is 28.2 Å². The Balaban J connectivity index is 1.65. The highest BCUT2D eigenvalue weighted by atomic mass is 19.1. The first-order chi connectivity index (χ1) is 17.8. The van der Waals surface area contributed by atoms with Gasteiger partial charge in [0, 0.05) is 18.6 Å². The highest BCUT2D eigenvalue weighted by Gasteiger charge is 2.51. The van der Waals surface area contributed by atoms with E-state index in [2.05, 4.69) is 35.4 Å². The van der Waals surface area contributed by atoms with Crippen LogP contribution in [0.15, 0.2) is 36.5 Å². The van der Waals surface area contributed by atoms with Gasteiger partial charge in [0.15, 0.2) is 17.0 Å². The van der Waals surface area contributed by atoms with Gasteiger partial charge in [-0.05, 0) is 12.1 Å². The van der Waals surface area contributed by atoms with Gasteiger partial charge in [-0.2, -0.15) is 5.10 Å². The van der Waals surface area contributed by atoms with E-state index in [4.69, 9.17) is 5.73 Å². The van der Waals surface area contributed by atoms with Crippen LogP contribution in [0.3, 0.4) is 0 Å². The summed E-state index contributed by atoms with van der Waals surface area (Å²) in [6.07, 6.45) is -0.159. The summed E-state index contributed by atoms with van der Waals surface area (Å²) in [5.41, 5.74) is 5.15. The number of fused-ring (bicyclic) bond motifs is 2. The molecule has 0 bridgehead atoms. The van der Waals surface area contributed by atoms with Crippen molar-refractivity contribution in [2.45, 2.75) is 18.5 Å². The standard InChI is InChI=1S/C23H20F2N8O4/c1-37-22(36)31-23(6-7-34)15-17(26)28-19(29-18(15)30-21(23)35)16-13-8-12(24)9-27-20(13)33(32-16)10-11-4-2-3-5-14(11)25/h2-5,8-9,34H,6-7,10H2,1H3,(H,31,36)(H3,26,28,29,30,35). The van der Waals surface area contributed by atoms with Gasteiger partial charge in [0.1, 0.15) is 29.0 Å². The maximum absolute atomic E-state index is 14.3. The summed E-state index contributed by atoms with van der Waals surface area (Å²) >= 11 is 0. The quantitative estimate of drug-likeness (QED) is 0.301. The number of aliphatic hydroxyl groups is 1. The second-order valence-electron chi connectivity index (χ2n) is 8.23. The molecule has 190 valence electrons. The number of carbonyl (C=O) groups excluding carboxylic acids is 2. The van der Waals surface area contributed by atoms with E-state index in [-0.39, 0.29) is 52.7 Å². The van der Waals surface area contributed by atoms with Crippen LogP contribution in [-0.4, -0.2) is 55.6 Å². The minimum absolute atomic E-state index is 0.0123. The molecule has 4 aromatic rings. The topological polar surface area (TPSA) is 170 Å². The first-order valence-corrected chi connectivity index (χ1v) is 11.0. The second-order valence-corrected chi connectivity index (χ2v) is 8.23. The average molecular weight is 510 g/mol. The third kappa shape index (κ3) is 3.96. The van der Waals surface area contributed by atoms with Crippen molar-refractivity contribution in [1.29, 1.82) is 0 Å². The fourth-order valence-electron chi connectivity index (χ4n) is 4.33. The van der Waals surface area contributed by atoms with Crippen LogP contribution in [0.2, 0.25) is 0 Å². The van der Waals surface area contributed by atoms with E-state index in [0.717, 1.165) is 13.3 Å². The lowest BCUT2D eigenvalue weighted by Crippen LogP contribution is -2.51. The Kier molecular flexibility index (Phi) is 5.87. The summed E-state index contributed by atoms with van der Waals surface area (Å²) in [5.74, 6) is -2.09. The van der Waals surface area contributed by atoms with Crippen molar-refractivity contribution in [1.82, 2.24) is 30.0 Å². The smallest absolute Gasteiger partial charge is 0.407 e. The molecule has 12 nitrogen and oxygen atoms in total. The van der Waals surface area contributed by atoms with Crippen LogP contribution in [-0.2, 0) is 21.6 Å². The normalized spacial score (nSPS) is 16.5. The first-order valence-electron chi connectivity index (χ1n) is 11.0. The number of methoxy groups -OCH3 is 1. The van der Waals surface area contributed by atoms with Crippen LogP contribution < -0.4 is 16.4 Å². The van der Waals surface area contributed by atoms with E-state index < -0.39 is 35.8 Å². The van der Waals surface area contributed by atoms with Gasteiger partial charge in [-0.3, -0.25) is 4.79 Å². The summed E-state index contributed by atoms with van der Waals surface area (Å²) in [4.78, 5) is 37.7. The lowest BCUT2D eigenvalue weighted by molar-refractivity contribution is -0.122. The van der Waals surface area contributed by atoms with Crippen LogP contribution >= 0.6 is 0 Å². The van der Waals surface area contributed by atoms with Crippen molar-refractivity contribution in [3.63, 3.8) is 0 Å². The van der Waals surface area contributed by atoms with Gasteiger partial charge in [0.2, 0.25) is 0 Å². The molecule has 1 aliphatic rings. The maximum Gasteiger partial charge on any atom is 0.407 e. The van der Waals surface area contributed by atoms with Crippen LogP contribution in [0, 0.1) is 11.6 Å². The fourth-order valence-corrected chi connectivity index (χ4v) is 4.33. The number of halogens is 2. The number of pyridine rings is 1. The van der Waals surface area contributed by atoms with E-state index in [1.54, 1.807) is 18.2 Å². The van der Waals surface area contributed by atoms with Gasteiger partial charge < -0.3 is 26.2 Å². The monoisotopic (exact) mass is 510 g/mol. The fraction of sp³-hybridized carbons (Fsp3) is 0.217. The Morgan fingerprint density at radius 3 is 2.81 bits per heavy atom. The number of hydrogen-bond donors (Lipinski definition) is 4. The molecule has 0 spiro atoms. The molecule has 0 radical (unpaired) electrons. The van der Waals surface area contributed by atoms with Gasteiger partial charge in [-0.1, -0.05) is 18.2 Å². The number of rotatable bonds is 6. The third-order valence-electron chi connectivity index (χ3n) is 6.01. The number of alkyl carbamates (subject to hydrolysis) is 1. The molecular weight excluding hydrogens is 490 g/mol. The minimum Gasteiger partial charge on any atom is -0.453 e. The maximum atomic E-state index is 14.3. The number of aliphatic hydroxyl groups excluding tert-OH is 1. The number of carbonyl (C=O) groups is 2. The number of ether oxygens (including phenoxy) is 1. The van der Waals surface area contributed by atoms with Crippen LogP contribution in [0.5, 0.6) is 0 Å². The number of nitrogens with one attached hydrogen (secondary N) is 2. The van der Waals surface area contributed by atoms with Gasteiger partial charge in [0.25, 0.3) is 5.91 Å². The number of nitrogens with zero attached hydrogens (tertiary/aromatic N) is 5. The van der Waals surface area contributed by atoms with Crippen LogP contribution in [0.4, 0.5) is 25.2 Å². The number of nitrogens with two attached hydrogens (primary N) is 1. The van der Waals surface area contributed by atoms with Gasteiger partial charge >= 0.3 is 6.09 Å². The number of nitrogen functional groups attached to an aromatic ring is 1. The van der Waals surface area contributed by atoms with E-state index >= 15 is 0 Å². The molecule has 37 heavy (non-hydrogen) atoms. The summed E-state index contributed by atoms with van der Waals surface area (Å²) in [6.45, 7) is -0.490. The van der Waals surface area contributed by atoms with E-state index in [9.17, 15) is 23.5 Å². The number of benzene rings is 1. The van der Waals surface area contributed by atoms with Gasteiger partial charge in [-0.15, -0.1) is 0 Å². The second kappa shape index (κ2) is 9.05. The highest BCUT2D eigenvalue weighted by Crippen LogP contribution is 2.42. The number of anilines is 2. The van der Waals surface area contributed by atoms with E-state index in [1.807, 2.05) is 0 Å². The number of hydrogen-bond acceptors (Lipinski definition) is 9. The summed E-state index contributed by atoms with van der Waals surface area (Å²) in [7, 11) is 1.12. The Morgan fingerprint density at radius 2 is 2.08 bits per heavy atom. The molecule has 1 atom stereocenters. The summed E-state index contributed by atoms with van der Waals surface area (Å²) < 4.78 is 34.5. The molecule has 0 fully saturated rings. The van der Waals surface area contributed by atoms with Crippen molar-refractivity contribution in [3.8, 4) is 11.5 Å². The zero-order valence-electron chi connectivity index (χ0n) is 19.3. The SMILES string of the molecule is COC(=O)NC1(CCO)C(=O)Nc2nc(-c3nn(Cc4ccccc4F)c4ncc(F)cc34)nc(N)c21. The van der Waals surface area contributed by atoms with Crippen LogP contribution in [0.1, 0.15) is 17.5 Å². The Labute approximate surface area is 207 Å². The van der Waals surface area contributed by atoms with Crippen LogP contribution in [0.25, 0.3) is 22.6 Å². The zero-order chi connectivity index (χ0) is 26.3. The molecule has 5 N–H and O–H groups in total. The Bertz CT molecular complexity index is 1560. The molecular formula is C23H20F2N8O4. The molecule has 3 aromatic heterocycles. The summed E-state index contributed by atoms with van der Waals surface area (Å²) in [6, 6.07) is 7.30. The molecule has 0 saturated carbocycles. The van der Waals surface area contributed by atoms with Gasteiger partial charge in [0.05, 0.1) is 30.8 Å². The van der Waals surface area contributed by atoms with Crippen molar-refractivity contribution in [2.75, 3.05) is 24.8 Å². The predicted molar refractivity (Wildman–Crippen MR) is 126 cm³/mol. The Morgan fingerprint density at radius 1 is 1.30 bits per heavy atom. The largest absolute Gasteiger partial charge is 0.453 e. The van der Waals surface area contributed by atoms with E-state index in [0.29, 0.717) is 5.56 Å². The number of aromatic nitrogens is 5. The van der Waals surface area contributed by atoms with E-state index in [1.165, 1.54) is 16.8 Å². The highest BCUT2D eigenvalue weighted by molar-refractivity contribution is 6.08. The first kappa shape index (κ1) is 24.0. The molecule has 0 saturated heterocycles. The molecule has 5 rings (SSSR count). The minimum atomic E-state index is -1.78. The lowest BCUT2D eigenvalue weighted by atomic mass is 9.89. The zero-order valence-corrected chi connectivity index (χ0v) is 19.3. The molecule has 1 unspecified atom stereocenters. The Hall–Kier alpha value is -4.72. The predicted octanol–water partition coefficient (Wildman–Crippen LogP) is 1.68. The molecule has 4 heterocycles. The molecule has 1 aliphatic heterocycles. The molecule has 14 heteroatoms.